The van der Waals surface area contributed by atoms with Crippen LogP contribution in [0, 0.1) is 0 Å². The average molecular weight is 338 g/mol. The van der Waals surface area contributed by atoms with E-state index in [0.717, 1.165) is 54.4 Å². The van der Waals surface area contributed by atoms with Crippen molar-refractivity contribution in [3.63, 3.8) is 0 Å². The van der Waals surface area contributed by atoms with Gasteiger partial charge in [-0.25, -0.2) is 9.97 Å². The Kier molecular flexibility index (Phi) is 5.31. The molecule has 132 valence electrons. The van der Waals surface area contributed by atoms with E-state index in [9.17, 15) is 4.79 Å². The van der Waals surface area contributed by atoms with Crippen LogP contribution >= 0.6 is 0 Å². The van der Waals surface area contributed by atoms with Gasteiger partial charge in [-0.3, -0.25) is 4.79 Å². The Morgan fingerprint density at radius 3 is 2.64 bits per heavy atom. The fourth-order valence-corrected chi connectivity index (χ4v) is 3.16. The first kappa shape index (κ1) is 17.4. The van der Waals surface area contributed by atoms with Crippen LogP contribution in [0.2, 0.25) is 0 Å². The van der Waals surface area contributed by atoms with Crippen molar-refractivity contribution in [3.8, 4) is 11.4 Å². The molecule has 0 saturated carbocycles. The Bertz CT molecular complexity index is 745. The molecule has 0 spiro atoms. The smallest absolute Gasteiger partial charge is 0.222 e. The molecule has 3 rings (SSSR count). The summed E-state index contributed by atoms with van der Waals surface area (Å²) in [5.74, 6) is 1.94. The van der Waals surface area contributed by atoms with E-state index in [0.29, 0.717) is 13.0 Å². The lowest BCUT2D eigenvalue weighted by Gasteiger charge is -2.31. The normalized spacial score (nSPS) is 13.5. The van der Waals surface area contributed by atoms with Gasteiger partial charge < -0.3 is 9.80 Å². The molecular formula is C20H26N4O. The Morgan fingerprint density at radius 2 is 1.96 bits per heavy atom. The molecule has 2 heterocycles. The van der Waals surface area contributed by atoms with E-state index >= 15 is 0 Å². The number of aromatic nitrogens is 2. The zero-order valence-corrected chi connectivity index (χ0v) is 15.3. The lowest BCUT2D eigenvalue weighted by atomic mass is 10.0. The first-order valence-corrected chi connectivity index (χ1v) is 9.08. The third kappa shape index (κ3) is 3.65. The molecule has 1 aliphatic heterocycles. The van der Waals surface area contributed by atoms with Crippen LogP contribution in [-0.4, -0.2) is 40.9 Å². The Balaban J connectivity index is 2.01. The number of carbonyl (C=O) groups is 1. The van der Waals surface area contributed by atoms with E-state index in [1.54, 1.807) is 0 Å². The Labute approximate surface area is 149 Å². The molecular weight excluding hydrogens is 312 g/mol. The molecule has 0 unspecified atom stereocenters. The fourth-order valence-electron chi connectivity index (χ4n) is 3.16. The van der Waals surface area contributed by atoms with Crippen LogP contribution in [0.5, 0.6) is 0 Å². The topological polar surface area (TPSA) is 49.3 Å². The number of anilines is 1. The summed E-state index contributed by atoms with van der Waals surface area (Å²) in [6.45, 7) is 6.37. The van der Waals surface area contributed by atoms with Gasteiger partial charge in [-0.15, -0.1) is 0 Å². The van der Waals surface area contributed by atoms with Gasteiger partial charge in [0, 0.05) is 44.1 Å². The van der Waals surface area contributed by atoms with Crippen LogP contribution in [-0.2, 0) is 17.8 Å². The molecule has 0 radical (unpaired) electrons. The SMILES string of the molecule is CCCC(=O)N1CCc2nc(-c3ccccc3)nc(N(C)CC)c2C1. The molecule has 0 saturated heterocycles. The molecule has 0 fully saturated rings. The number of nitrogens with zero attached hydrogens (tertiary/aromatic N) is 4. The highest BCUT2D eigenvalue weighted by Crippen LogP contribution is 2.29. The summed E-state index contributed by atoms with van der Waals surface area (Å²) >= 11 is 0. The molecule has 5 heteroatoms. The highest BCUT2D eigenvalue weighted by atomic mass is 16.2. The van der Waals surface area contributed by atoms with Crippen LogP contribution in [0.4, 0.5) is 5.82 Å². The largest absolute Gasteiger partial charge is 0.360 e. The number of hydrogen-bond donors (Lipinski definition) is 0. The standard InChI is InChI=1S/C20H26N4O/c1-4-9-18(25)24-13-12-17-16(14-24)20(23(3)5-2)22-19(21-17)15-10-7-6-8-11-15/h6-8,10-11H,4-5,9,12-14H2,1-3H3. The second kappa shape index (κ2) is 7.64. The van der Waals surface area contributed by atoms with Gasteiger partial charge in [-0.2, -0.15) is 0 Å². The van der Waals surface area contributed by atoms with E-state index in [2.05, 4.69) is 11.8 Å². The number of rotatable bonds is 5. The monoisotopic (exact) mass is 338 g/mol. The van der Waals surface area contributed by atoms with E-state index in [-0.39, 0.29) is 5.91 Å². The second-order valence-corrected chi connectivity index (χ2v) is 6.49. The van der Waals surface area contributed by atoms with Gasteiger partial charge in [-0.1, -0.05) is 37.3 Å². The van der Waals surface area contributed by atoms with Crippen molar-refractivity contribution < 1.29 is 4.79 Å². The van der Waals surface area contributed by atoms with Gasteiger partial charge in [0.15, 0.2) is 5.82 Å². The summed E-state index contributed by atoms with van der Waals surface area (Å²) < 4.78 is 0. The van der Waals surface area contributed by atoms with Gasteiger partial charge in [-0.05, 0) is 13.3 Å². The van der Waals surface area contributed by atoms with Gasteiger partial charge >= 0.3 is 0 Å². The molecule has 1 aromatic carbocycles. The van der Waals surface area contributed by atoms with E-state index in [1.807, 2.05) is 49.2 Å². The predicted octanol–water partition coefficient (Wildman–Crippen LogP) is 3.28. The predicted molar refractivity (Wildman–Crippen MR) is 100 cm³/mol. The van der Waals surface area contributed by atoms with Crippen LogP contribution in [0.15, 0.2) is 30.3 Å². The summed E-state index contributed by atoms with van der Waals surface area (Å²) in [6.07, 6.45) is 2.28. The molecule has 0 atom stereocenters. The lowest BCUT2D eigenvalue weighted by molar-refractivity contribution is -0.132. The van der Waals surface area contributed by atoms with Crippen molar-refractivity contribution in [2.24, 2.45) is 0 Å². The number of benzene rings is 1. The van der Waals surface area contributed by atoms with Crippen molar-refractivity contribution in [3.05, 3.63) is 41.6 Å². The van der Waals surface area contributed by atoms with Crippen LogP contribution in [0.1, 0.15) is 37.9 Å². The molecule has 25 heavy (non-hydrogen) atoms. The van der Waals surface area contributed by atoms with Gasteiger partial charge in [0.25, 0.3) is 0 Å². The van der Waals surface area contributed by atoms with E-state index < -0.39 is 0 Å². The summed E-state index contributed by atoms with van der Waals surface area (Å²) in [7, 11) is 2.05. The zero-order chi connectivity index (χ0) is 17.8. The third-order valence-corrected chi connectivity index (χ3v) is 4.72. The molecule has 0 bridgehead atoms. The minimum absolute atomic E-state index is 0.227. The number of carbonyl (C=O) groups excluding carboxylic acids is 1. The van der Waals surface area contributed by atoms with Crippen LogP contribution in [0.25, 0.3) is 11.4 Å². The number of hydrogen-bond acceptors (Lipinski definition) is 4. The fraction of sp³-hybridized carbons (Fsp3) is 0.450. The van der Waals surface area contributed by atoms with Crippen LogP contribution < -0.4 is 4.90 Å². The van der Waals surface area contributed by atoms with Gasteiger partial charge in [0.1, 0.15) is 5.82 Å². The van der Waals surface area contributed by atoms with E-state index in [4.69, 9.17) is 9.97 Å². The summed E-state index contributed by atoms with van der Waals surface area (Å²) in [6, 6.07) is 10.1. The molecule has 1 amide bonds. The summed E-state index contributed by atoms with van der Waals surface area (Å²) in [5, 5.41) is 0. The Hall–Kier alpha value is -2.43. The Morgan fingerprint density at radius 1 is 1.20 bits per heavy atom. The quantitative estimate of drug-likeness (QED) is 0.839. The molecule has 0 N–H and O–H groups in total. The van der Waals surface area contributed by atoms with Crippen molar-refractivity contribution in [1.29, 1.82) is 0 Å². The average Bonchev–Trinajstić information content (AvgIpc) is 2.67. The first-order valence-electron chi connectivity index (χ1n) is 9.08. The second-order valence-electron chi connectivity index (χ2n) is 6.49. The maximum atomic E-state index is 12.3. The maximum absolute atomic E-state index is 12.3. The van der Waals surface area contributed by atoms with Crippen molar-refractivity contribution in [2.45, 2.75) is 39.7 Å². The maximum Gasteiger partial charge on any atom is 0.222 e. The highest BCUT2D eigenvalue weighted by Gasteiger charge is 2.26. The minimum Gasteiger partial charge on any atom is -0.360 e. The van der Waals surface area contributed by atoms with Gasteiger partial charge in [0.05, 0.1) is 12.2 Å². The molecule has 1 aliphatic rings. The third-order valence-electron chi connectivity index (χ3n) is 4.72. The zero-order valence-electron chi connectivity index (χ0n) is 15.3. The first-order chi connectivity index (χ1) is 12.1. The lowest BCUT2D eigenvalue weighted by Crippen LogP contribution is -2.37. The van der Waals surface area contributed by atoms with Crippen molar-refractivity contribution in [2.75, 3.05) is 25.0 Å². The molecule has 0 aliphatic carbocycles. The van der Waals surface area contributed by atoms with Crippen molar-refractivity contribution in [1.82, 2.24) is 14.9 Å². The highest BCUT2D eigenvalue weighted by molar-refractivity contribution is 5.77. The van der Waals surface area contributed by atoms with Crippen LogP contribution in [0.3, 0.4) is 0 Å². The molecule has 2 aromatic rings. The number of amides is 1. The minimum atomic E-state index is 0.227. The summed E-state index contributed by atoms with van der Waals surface area (Å²) in [4.78, 5) is 26.1. The number of fused-ring (bicyclic) bond motifs is 1. The van der Waals surface area contributed by atoms with Crippen molar-refractivity contribution >= 4 is 11.7 Å². The summed E-state index contributed by atoms with van der Waals surface area (Å²) in [5.41, 5.74) is 3.20. The van der Waals surface area contributed by atoms with Gasteiger partial charge in [0.2, 0.25) is 5.91 Å². The molecule has 5 nitrogen and oxygen atoms in total. The van der Waals surface area contributed by atoms with E-state index in [1.165, 1.54) is 0 Å². The molecule has 1 aromatic heterocycles.